The van der Waals surface area contributed by atoms with Gasteiger partial charge in [-0.05, 0) is 36.5 Å². The van der Waals surface area contributed by atoms with Crippen LogP contribution < -0.4 is 21.3 Å². The van der Waals surface area contributed by atoms with Gasteiger partial charge in [-0.3, -0.25) is 14.5 Å². The van der Waals surface area contributed by atoms with Crippen molar-refractivity contribution in [1.29, 1.82) is 0 Å². The van der Waals surface area contributed by atoms with E-state index in [1.807, 2.05) is 37.2 Å². The van der Waals surface area contributed by atoms with Gasteiger partial charge in [0.2, 0.25) is 5.91 Å². The number of fused-ring (bicyclic) bond motifs is 5. The Kier molecular flexibility index (Phi) is 3.44. The van der Waals surface area contributed by atoms with Gasteiger partial charge in [-0.2, -0.15) is 0 Å². The molecular formula is C20H21N3O2. The Balaban J connectivity index is 1.97. The van der Waals surface area contributed by atoms with Crippen LogP contribution in [0.25, 0.3) is 23.4 Å². The van der Waals surface area contributed by atoms with Crippen molar-refractivity contribution in [3.8, 4) is 11.3 Å². The Labute approximate surface area is 145 Å². The smallest absolute Gasteiger partial charge is 0.256 e. The molecule has 0 saturated heterocycles. The van der Waals surface area contributed by atoms with E-state index in [2.05, 4.69) is 28.5 Å². The fraction of sp³-hybridized carbons (Fsp3) is 0.300. The summed E-state index contributed by atoms with van der Waals surface area (Å²) in [4.78, 5) is 29.5. The van der Waals surface area contributed by atoms with Crippen LogP contribution in [0, 0.1) is 0 Å². The maximum Gasteiger partial charge on any atom is 0.256 e. The monoisotopic (exact) mass is 335 g/mol. The first-order valence-corrected chi connectivity index (χ1v) is 8.44. The van der Waals surface area contributed by atoms with E-state index in [9.17, 15) is 9.59 Å². The maximum atomic E-state index is 12.8. The normalized spacial score (nSPS) is 20.2. The van der Waals surface area contributed by atoms with Crippen molar-refractivity contribution >= 4 is 18.1 Å². The summed E-state index contributed by atoms with van der Waals surface area (Å²) in [5.74, 6) is -0.119. The first-order chi connectivity index (χ1) is 11.9. The summed E-state index contributed by atoms with van der Waals surface area (Å²) in [6.45, 7) is 1.50. The lowest BCUT2D eigenvalue weighted by molar-refractivity contribution is -0.121. The molecular weight excluding hydrogens is 314 g/mol. The maximum absolute atomic E-state index is 12.8. The average molecular weight is 335 g/mol. The Morgan fingerprint density at radius 2 is 2.00 bits per heavy atom. The van der Waals surface area contributed by atoms with Crippen LogP contribution in [-0.2, 0) is 11.2 Å². The fourth-order valence-electron chi connectivity index (χ4n) is 3.95. The third-order valence-corrected chi connectivity index (χ3v) is 5.25. The Bertz CT molecular complexity index is 1070. The standard InChI is InChI=1S/C20H21N3O2/c1-12(24)22-20(23(2)3)9-8-15-16-10-13-6-4-5-7-14(13)18(16)21-19(25)17(15)11-20/h4-8,11H,9-10H2,1-3H3,(H,21,25)(H,22,24). The van der Waals surface area contributed by atoms with E-state index in [4.69, 9.17) is 0 Å². The Morgan fingerprint density at radius 1 is 1.24 bits per heavy atom. The molecule has 0 radical (unpaired) electrons. The first kappa shape index (κ1) is 15.8. The van der Waals surface area contributed by atoms with Gasteiger partial charge in [-0.1, -0.05) is 30.3 Å². The van der Waals surface area contributed by atoms with E-state index < -0.39 is 5.66 Å². The highest BCUT2D eigenvalue weighted by Gasteiger charge is 2.33. The molecule has 0 fully saturated rings. The van der Waals surface area contributed by atoms with Crippen molar-refractivity contribution in [3.05, 3.63) is 56.2 Å². The minimum Gasteiger partial charge on any atom is -0.334 e. The number of aromatic amines is 1. The molecule has 4 rings (SSSR count). The minimum absolute atomic E-state index is 0.113. The molecule has 0 spiro atoms. The topological polar surface area (TPSA) is 65.2 Å². The van der Waals surface area contributed by atoms with Crippen molar-refractivity contribution in [2.75, 3.05) is 14.1 Å². The molecule has 0 aliphatic heterocycles. The molecule has 1 aromatic heterocycles. The predicted octanol–water partition coefficient (Wildman–Crippen LogP) is 0.305. The third-order valence-electron chi connectivity index (χ3n) is 5.25. The van der Waals surface area contributed by atoms with Crippen LogP contribution in [0.15, 0.2) is 29.1 Å². The van der Waals surface area contributed by atoms with E-state index in [0.29, 0.717) is 11.6 Å². The Morgan fingerprint density at radius 3 is 2.72 bits per heavy atom. The molecule has 1 heterocycles. The van der Waals surface area contributed by atoms with Crippen LogP contribution in [-0.4, -0.2) is 35.5 Å². The molecule has 2 aliphatic rings. The predicted molar refractivity (Wildman–Crippen MR) is 98.3 cm³/mol. The SMILES string of the molecule is CC(=O)NC1(N(C)C)C=c2c(=O)[nH]c3c(c2=CC1)Cc1ccccc1-3. The summed E-state index contributed by atoms with van der Waals surface area (Å²) in [5.41, 5.74) is 3.66. The number of carbonyl (C=O) groups excluding carboxylic acids is 1. The molecule has 1 atom stereocenters. The van der Waals surface area contributed by atoms with Gasteiger partial charge >= 0.3 is 0 Å². The van der Waals surface area contributed by atoms with E-state index >= 15 is 0 Å². The molecule has 2 aliphatic carbocycles. The Hall–Kier alpha value is -2.66. The zero-order valence-corrected chi connectivity index (χ0v) is 14.6. The zero-order chi connectivity index (χ0) is 17.8. The van der Waals surface area contributed by atoms with Crippen LogP contribution in [0.4, 0.5) is 0 Å². The largest absolute Gasteiger partial charge is 0.334 e. The third kappa shape index (κ3) is 2.35. The number of hydrogen-bond acceptors (Lipinski definition) is 3. The van der Waals surface area contributed by atoms with Crippen molar-refractivity contribution in [3.63, 3.8) is 0 Å². The molecule has 1 amide bonds. The van der Waals surface area contributed by atoms with Gasteiger partial charge in [-0.15, -0.1) is 0 Å². The van der Waals surface area contributed by atoms with Crippen molar-refractivity contribution in [1.82, 2.24) is 15.2 Å². The quantitative estimate of drug-likeness (QED) is 0.662. The second-order valence-electron chi connectivity index (χ2n) is 7.02. The van der Waals surface area contributed by atoms with E-state index in [1.165, 1.54) is 18.1 Å². The lowest BCUT2D eigenvalue weighted by Gasteiger charge is -2.38. The van der Waals surface area contributed by atoms with E-state index in [-0.39, 0.29) is 11.5 Å². The molecule has 5 nitrogen and oxygen atoms in total. The van der Waals surface area contributed by atoms with E-state index in [0.717, 1.165) is 22.9 Å². The zero-order valence-electron chi connectivity index (χ0n) is 14.6. The van der Waals surface area contributed by atoms with Gasteiger partial charge in [0.1, 0.15) is 5.66 Å². The number of carbonyl (C=O) groups is 1. The van der Waals surface area contributed by atoms with Gasteiger partial charge in [-0.25, -0.2) is 0 Å². The van der Waals surface area contributed by atoms with Crippen LogP contribution in [0.1, 0.15) is 24.5 Å². The highest BCUT2D eigenvalue weighted by molar-refractivity contribution is 5.77. The number of amides is 1. The van der Waals surface area contributed by atoms with Gasteiger partial charge in [0.05, 0.1) is 5.69 Å². The van der Waals surface area contributed by atoms with Gasteiger partial charge < -0.3 is 10.3 Å². The summed E-state index contributed by atoms with van der Waals surface area (Å²) in [7, 11) is 3.81. The first-order valence-electron chi connectivity index (χ1n) is 8.44. The molecule has 0 saturated carbocycles. The number of hydrogen-bond donors (Lipinski definition) is 2. The number of H-pyrrole nitrogens is 1. The van der Waals surface area contributed by atoms with Crippen LogP contribution in [0.5, 0.6) is 0 Å². The van der Waals surface area contributed by atoms with Crippen molar-refractivity contribution in [2.45, 2.75) is 25.4 Å². The van der Waals surface area contributed by atoms with Crippen LogP contribution >= 0.6 is 0 Å². The number of aromatic nitrogens is 1. The van der Waals surface area contributed by atoms with Gasteiger partial charge in [0, 0.05) is 30.5 Å². The van der Waals surface area contributed by atoms with Crippen molar-refractivity contribution in [2.24, 2.45) is 0 Å². The molecule has 5 heteroatoms. The highest BCUT2D eigenvalue weighted by atomic mass is 16.1. The number of benzene rings is 1. The van der Waals surface area contributed by atoms with Crippen molar-refractivity contribution < 1.29 is 4.79 Å². The second-order valence-corrected chi connectivity index (χ2v) is 7.02. The molecule has 0 bridgehead atoms. The minimum atomic E-state index is -0.675. The van der Waals surface area contributed by atoms with Gasteiger partial charge in [0.25, 0.3) is 5.56 Å². The molecule has 1 aromatic carbocycles. The summed E-state index contributed by atoms with van der Waals surface area (Å²) < 4.78 is 0. The second kappa shape index (κ2) is 5.43. The lowest BCUT2D eigenvalue weighted by atomic mass is 9.94. The van der Waals surface area contributed by atoms with Crippen LogP contribution in [0.2, 0.25) is 0 Å². The number of nitrogens with zero attached hydrogens (tertiary/aromatic N) is 1. The number of nitrogens with one attached hydrogen (secondary N) is 2. The van der Waals surface area contributed by atoms with E-state index in [1.54, 1.807) is 0 Å². The molecule has 1 unspecified atom stereocenters. The molecule has 2 aromatic rings. The summed E-state index contributed by atoms with van der Waals surface area (Å²) >= 11 is 0. The summed E-state index contributed by atoms with van der Waals surface area (Å²) in [5, 5.41) is 4.63. The molecule has 128 valence electrons. The summed E-state index contributed by atoms with van der Waals surface area (Å²) in [6, 6.07) is 8.18. The number of pyridine rings is 1. The molecule has 2 N–H and O–H groups in total. The summed E-state index contributed by atoms with van der Waals surface area (Å²) in [6.07, 6.45) is 5.43. The number of rotatable bonds is 2. The fourth-order valence-corrected chi connectivity index (χ4v) is 3.95. The average Bonchev–Trinajstić information content (AvgIpc) is 2.93. The highest BCUT2D eigenvalue weighted by Crippen LogP contribution is 2.32. The lowest BCUT2D eigenvalue weighted by Crippen LogP contribution is -2.61. The van der Waals surface area contributed by atoms with Crippen LogP contribution in [0.3, 0.4) is 0 Å². The molecule has 25 heavy (non-hydrogen) atoms. The van der Waals surface area contributed by atoms with Gasteiger partial charge in [0.15, 0.2) is 0 Å².